The highest BCUT2D eigenvalue weighted by Gasteiger charge is 2.15. The van der Waals surface area contributed by atoms with E-state index in [0.29, 0.717) is 41.9 Å². The predicted octanol–water partition coefficient (Wildman–Crippen LogP) is 3.25. The monoisotopic (exact) mass is 479 g/mol. The summed E-state index contributed by atoms with van der Waals surface area (Å²) in [5.74, 6) is 1.01. The van der Waals surface area contributed by atoms with Gasteiger partial charge in [-0.05, 0) is 42.7 Å². The van der Waals surface area contributed by atoms with Gasteiger partial charge < -0.3 is 31.1 Å². The highest BCUT2D eigenvalue weighted by molar-refractivity contribution is 6.07. The van der Waals surface area contributed by atoms with Crippen molar-refractivity contribution >= 4 is 29.5 Å². The van der Waals surface area contributed by atoms with Gasteiger partial charge >= 0.3 is 6.09 Å². The van der Waals surface area contributed by atoms with Crippen LogP contribution in [-0.4, -0.2) is 58.3 Å². The Balaban J connectivity index is 1.63. The molecule has 0 aliphatic carbocycles. The van der Waals surface area contributed by atoms with E-state index in [1.807, 2.05) is 19.1 Å². The lowest BCUT2D eigenvalue weighted by atomic mass is 10.2. The molecule has 3 aromatic rings. The molecule has 0 bridgehead atoms. The fraction of sp³-hybridized carbons (Fsp3) is 0.292. The fourth-order valence-electron chi connectivity index (χ4n) is 3.07. The van der Waals surface area contributed by atoms with Gasteiger partial charge in [-0.15, -0.1) is 0 Å². The Kier molecular flexibility index (Phi) is 9.61. The molecule has 3 rings (SSSR count). The van der Waals surface area contributed by atoms with Crippen LogP contribution in [0.1, 0.15) is 29.3 Å². The summed E-state index contributed by atoms with van der Waals surface area (Å²) in [7, 11) is 0. The molecule has 0 unspecified atom stereocenters. The average Bonchev–Trinajstić information content (AvgIpc) is 2.86. The minimum Gasteiger partial charge on any atom is -0.492 e. The molecule has 0 radical (unpaired) electrons. The number of carboxylic acid groups (broad SMARTS) is 1. The molecule has 0 aliphatic rings. The topological polar surface area (TPSA) is 150 Å². The standard InChI is InChI=1S/C24H29N7O4/c1-2-9-26-21-20(16-29-23(31-21)27-12-8-17-6-10-25-11-7-17)22(32)30-18-4-3-5-19(15-18)35-14-13-28-24(33)34/h3-7,10-11,15-16,28H,2,8-9,12-14H2,1H3,(H,30,32)(H,33,34)(H2,26,27,29,31). The van der Waals surface area contributed by atoms with E-state index in [2.05, 4.69) is 36.2 Å². The second kappa shape index (κ2) is 13.3. The van der Waals surface area contributed by atoms with E-state index in [9.17, 15) is 9.59 Å². The van der Waals surface area contributed by atoms with E-state index >= 15 is 0 Å². The van der Waals surface area contributed by atoms with E-state index in [1.165, 1.54) is 6.20 Å². The molecule has 2 aromatic heterocycles. The first-order chi connectivity index (χ1) is 17.0. The number of amides is 2. The molecule has 0 saturated carbocycles. The van der Waals surface area contributed by atoms with Gasteiger partial charge in [0.1, 0.15) is 23.7 Å². The number of carbonyl (C=O) groups is 2. The molecular weight excluding hydrogens is 450 g/mol. The number of hydrogen-bond donors (Lipinski definition) is 5. The molecule has 0 saturated heterocycles. The van der Waals surface area contributed by atoms with Crippen molar-refractivity contribution in [1.29, 1.82) is 0 Å². The summed E-state index contributed by atoms with van der Waals surface area (Å²) in [6, 6.07) is 10.8. The van der Waals surface area contributed by atoms with Gasteiger partial charge in [0.25, 0.3) is 5.91 Å². The minimum atomic E-state index is -1.11. The normalized spacial score (nSPS) is 10.3. The van der Waals surface area contributed by atoms with Crippen molar-refractivity contribution in [1.82, 2.24) is 20.3 Å². The van der Waals surface area contributed by atoms with E-state index in [0.717, 1.165) is 18.4 Å². The van der Waals surface area contributed by atoms with Crippen LogP contribution in [0.25, 0.3) is 0 Å². The number of nitrogens with one attached hydrogen (secondary N) is 4. The largest absolute Gasteiger partial charge is 0.492 e. The minimum absolute atomic E-state index is 0.151. The number of carbonyl (C=O) groups excluding carboxylic acids is 1. The SMILES string of the molecule is CCCNc1nc(NCCc2ccncc2)ncc1C(=O)Nc1cccc(OCCNC(=O)O)c1. The van der Waals surface area contributed by atoms with Crippen LogP contribution in [0.15, 0.2) is 55.0 Å². The number of nitrogens with zero attached hydrogens (tertiary/aromatic N) is 3. The Morgan fingerprint density at radius 1 is 1.06 bits per heavy atom. The van der Waals surface area contributed by atoms with Crippen LogP contribution in [0, 0.1) is 0 Å². The lowest BCUT2D eigenvalue weighted by molar-refractivity contribution is 0.102. The molecule has 2 heterocycles. The van der Waals surface area contributed by atoms with E-state index in [1.54, 1.807) is 36.7 Å². The average molecular weight is 480 g/mol. The third-order valence-electron chi connectivity index (χ3n) is 4.76. The maximum Gasteiger partial charge on any atom is 0.404 e. The number of benzene rings is 1. The molecule has 0 fully saturated rings. The number of ether oxygens (including phenoxy) is 1. The Morgan fingerprint density at radius 3 is 2.66 bits per heavy atom. The van der Waals surface area contributed by atoms with Crippen molar-refractivity contribution in [3.8, 4) is 5.75 Å². The predicted molar refractivity (Wildman–Crippen MR) is 133 cm³/mol. The second-order valence-corrected chi connectivity index (χ2v) is 7.48. The fourth-order valence-corrected chi connectivity index (χ4v) is 3.07. The molecular formula is C24H29N7O4. The summed E-state index contributed by atoms with van der Waals surface area (Å²) < 4.78 is 5.52. The number of hydrogen-bond acceptors (Lipinski definition) is 8. The van der Waals surface area contributed by atoms with Crippen molar-refractivity contribution in [3.05, 3.63) is 66.1 Å². The van der Waals surface area contributed by atoms with Crippen LogP contribution in [0.5, 0.6) is 5.75 Å². The summed E-state index contributed by atoms with van der Waals surface area (Å²) >= 11 is 0. The van der Waals surface area contributed by atoms with Crippen LogP contribution in [0.4, 0.5) is 22.2 Å². The van der Waals surface area contributed by atoms with Gasteiger partial charge in [0.15, 0.2) is 0 Å². The van der Waals surface area contributed by atoms with Gasteiger partial charge in [-0.3, -0.25) is 9.78 Å². The first-order valence-corrected chi connectivity index (χ1v) is 11.3. The molecule has 11 heteroatoms. The lowest BCUT2D eigenvalue weighted by Crippen LogP contribution is -2.26. The Morgan fingerprint density at radius 2 is 1.89 bits per heavy atom. The Hall–Kier alpha value is -4.41. The summed E-state index contributed by atoms with van der Waals surface area (Å²) in [5, 5.41) is 20.1. The number of pyridine rings is 1. The highest BCUT2D eigenvalue weighted by Crippen LogP contribution is 2.20. The number of rotatable bonds is 13. The molecule has 11 nitrogen and oxygen atoms in total. The van der Waals surface area contributed by atoms with Crippen molar-refractivity contribution in [2.24, 2.45) is 0 Å². The van der Waals surface area contributed by atoms with Gasteiger partial charge in [0, 0.05) is 43.4 Å². The third kappa shape index (κ3) is 8.46. The third-order valence-corrected chi connectivity index (χ3v) is 4.76. The molecule has 2 amide bonds. The molecule has 5 N–H and O–H groups in total. The van der Waals surface area contributed by atoms with Crippen molar-refractivity contribution < 1.29 is 19.4 Å². The van der Waals surface area contributed by atoms with Gasteiger partial charge in [0.05, 0.1) is 6.54 Å². The first kappa shape index (κ1) is 25.2. The highest BCUT2D eigenvalue weighted by atomic mass is 16.5. The Labute approximate surface area is 203 Å². The van der Waals surface area contributed by atoms with Crippen molar-refractivity contribution in [3.63, 3.8) is 0 Å². The molecule has 35 heavy (non-hydrogen) atoms. The van der Waals surface area contributed by atoms with Crippen molar-refractivity contribution in [2.75, 3.05) is 42.2 Å². The van der Waals surface area contributed by atoms with E-state index in [4.69, 9.17) is 9.84 Å². The lowest BCUT2D eigenvalue weighted by Gasteiger charge is -2.13. The van der Waals surface area contributed by atoms with Gasteiger partial charge in [-0.25, -0.2) is 9.78 Å². The van der Waals surface area contributed by atoms with E-state index in [-0.39, 0.29) is 19.1 Å². The number of aromatic nitrogens is 3. The van der Waals surface area contributed by atoms with E-state index < -0.39 is 6.09 Å². The van der Waals surface area contributed by atoms with Crippen molar-refractivity contribution in [2.45, 2.75) is 19.8 Å². The smallest absolute Gasteiger partial charge is 0.404 e. The van der Waals surface area contributed by atoms with Gasteiger partial charge in [-0.1, -0.05) is 13.0 Å². The van der Waals surface area contributed by atoms with Crippen LogP contribution in [0.3, 0.4) is 0 Å². The summed E-state index contributed by atoms with van der Waals surface area (Å²) in [6.45, 7) is 3.63. The van der Waals surface area contributed by atoms with Gasteiger partial charge in [-0.2, -0.15) is 4.98 Å². The quantitative estimate of drug-likeness (QED) is 0.233. The summed E-state index contributed by atoms with van der Waals surface area (Å²) in [4.78, 5) is 36.3. The maximum absolute atomic E-state index is 13.0. The van der Waals surface area contributed by atoms with Crippen LogP contribution in [-0.2, 0) is 6.42 Å². The molecule has 0 spiro atoms. The molecule has 0 aliphatic heterocycles. The zero-order chi connectivity index (χ0) is 24.9. The van der Waals surface area contributed by atoms with Crippen LogP contribution in [0.2, 0.25) is 0 Å². The molecule has 0 atom stereocenters. The maximum atomic E-state index is 13.0. The summed E-state index contributed by atoms with van der Waals surface area (Å²) in [6.07, 6.45) is 5.55. The number of anilines is 3. The molecule has 1 aromatic carbocycles. The van der Waals surface area contributed by atoms with Crippen LogP contribution < -0.4 is 26.0 Å². The zero-order valence-corrected chi connectivity index (χ0v) is 19.5. The summed E-state index contributed by atoms with van der Waals surface area (Å²) in [5.41, 5.74) is 1.99. The molecule has 184 valence electrons. The van der Waals surface area contributed by atoms with Crippen LogP contribution >= 0.6 is 0 Å². The first-order valence-electron chi connectivity index (χ1n) is 11.3. The Bertz CT molecular complexity index is 1110. The second-order valence-electron chi connectivity index (χ2n) is 7.48. The van der Waals surface area contributed by atoms with Gasteiger partial charge in [0.2, 0.25) is 5.95 Å². The zero-order valence-electron chi connectivity index (χ0n) is 19.5.